The average molecular weight is 685 g/mol. The summed E-state index contributed by atoms with van der Waals surface area (Å²) in [5, 5.41) is 3.26. The molecule has 242 valence electrons. The minimum Gasteiger partial charge on any atom is -0.352 e. The van der Waals surface area contributed by atoms with Crippen LogP contribution in [0, 0.1) is 12.7 Å². The number of nitrogens with zero attached hydrogens (tertiary/aromatic N) is 2. The van der Waals surface area contributed by atoms with Crippen molar-refractivity contribution in [1.29, 1.82) is 0 Å². The summed E-state index contributed by atoms with van der Waals surface area (Å²) in [6.45, 7) is 4.84. The predicted octanol–water partition coefficient (Wildman–Crippen LogP) is 7.19. The number of sulfonamides is 1. The molecule has 0 aliphatic rings. The number of nitrogens with one attached hydrogen (secondary N) is 1. The number of hydrogen-bond donors (Lipinski definition) is 1. The van der Waals surface area contributed by atoms with E-state index in [2.05, 4.69) is 5.32 Å². The molecule has 0 spiro atoms. The van der Waals surface area contributed by atoms with Crippen LogP contribution in [0.2, 0.25) is 10.0 Å². The van der Waals surface area contributed by atoms with Crippen LogP contribution in [0.5, 0.6) is 0 Å². The van der Waals surface area contributed by atoms with Crippen molar-refractivity contribution >= 4 is 50.7 Å². The SMILES string of the molecule is CC[C@H](C)NC(=O)[C@@H](Cc1ccccc1)N(Cc1ccc(F)cc1)C(=O)CN(c1cc(Cl)ccc1Cl)S(=O)(=O)c1ccc(C)cc1. The first kappa shape index (κ1) is 34.9. The molecule has 0 bridgehead atoms. The van der Waals surface area contributed by atoms with Crippen molar-refractivity contribution in [3.8, 4) is 0 Å². The topological polar surface area (TPSA) is 86.8 Å². The molecule has 0 aliphatic heterocycles. The molecule has 0 fully saturated rings. The molecule has 46 heavy (non-hydrogen) atoms. The van der Waals surface area contributed by atoms with Gasteiger partial charge in [0.2, 0.25) is 11.8 Å². The van der Waals surface area contributed by atoms with Crippen LogP contribution in [-0.4, -0.2) is 43.8 Å². The monoisotopic (exact) mass is 683 g/mol. The van der Waals surface area contributed by atoms with Gasteiger partial charge in [0.1, 0.15) is 18.4 Å². The summed E-state index contributed by atoms with van der Waals surface area (Å²) >= 11 is 12.8. The molecule has 0 aromatic heterocycles. The Kier molecular flexibility index (Phi) is 11.8. The summed E-state index contributed by atoms with van der Waals surface area (Å²) in [7, 11) is -4.35. The fourth-order valence-corrected chi connectivity index (χ4v) is 6.67. The number of rotatable bonds is 13. The number of carbonyl (C=O) groups excluding carboxylic acids is 2. The van der Waals surface area contributed by atoms with Crippen LogP contribution in [0.1, 0.15) is 37.0 Å². The lowest BCUT2D eigenvalue weighted by molar-refractivity contribution is -0.140. The van der Waals surface area contributed by atoms with Gasteiger partial charge in [-0.25, -0.2) is 12.8 Å². The van der Waals surface area contributed by atoms with E-state index < -0.39 is 40.2 Å². The van der Waals surface area contributed by atoms with Crippen LogP contribution < -0.4 is 9.62 Å². The zero-order valence-electron chi connectivity index (χ0n) is 25.8. The maximum Gasteiger partial charge on any atom is 0.264 e. The molecule has 0 radical (unpaired) electrons. The third-order valence-corrected chi connectivity index (χ3v) is 9.93. The number of benzene rings is 4. The van der Waals surface area contributed by atoms with E-state index in [9.17, 15) is 22.4 Å². The van der Waals surface area contributed by atoms with Gasteiger partial charge in [0.05, 0.1) is 15.6 Å². The maximum atomic E-state index is 14.5. The maximum absolute atomic E-state index is 14.5. The quantitative estimate of drug-likeness (QED) is 0.162. The number of anilines is 1. The van der Waals surface area contributed by atoms with Gasteiger partial charge in [-0.1, -0.05) is 90.3 Å². The normalized spacial score (nSPS) is 12.7. The molecule has 4 aromatic carbocycles. The minimum absolute atomic E-state index is 0.00786. The first-order chi connectivity index (χ1) is 21.9. The van der Waals surface area contributed by atoms with Crippen molar-refractivity contribution in [3.63, 3.8) is 0 Å². The molecule has 4 rings (SSSR count). The highest BCUT2D eigenvalue weighted by atomic mass is 35.5. The van der Waals surface area contributed by atoms with E-state index in [1.54, 1.807) is 12.1 Å². The van der Waals surface area contributed by atoms with E-state index in [-0.39, 0.29) is 39.6 Å². The minimum atomic E-state index is -4.35. The van der Waals surface area contributed by atoms with Crippen LogP contribution in [0.15, 0.2) is 102 Å². The lowest BCUT2D eigenvalue weighted by Crippen LogP contribution is -2.54. The lowest BCUT2D eigenvalue weighted by Gasteiger charge is -2.34. The van der Waals surface area contributed by atoms with Crippen molar-refractivity contribution in [2.24, 2.45) is 0 Å². The molecule has 2 atom stereocenters. The highest BCUT2D eigenvalue weighted by Crippen LogP contribution is 2.33. The number of hydrogen-bond acceptors (Lipinski definition) is 4. The van der Waals surface area contributed by atoms with Crippen LogP contribution in [0.4, 0.5) is 10.1 Å². The molecule has 7 nitrogen and oxygen atoms in total. The van der Waals surface area contributed by atoms with Gasteiger partial charge in [0.25, 0.3) is 10.0 Å². The lowest BCUT2D eigenvalue weighted by atomic mass is 10.0. The molecule has 0 saturated carbocycles. The molecular formula is C35H36Cl2FN3O4S. The van der Waals surface area contributed by atoms with Gasteiger partial charge >= 0.3 is 0 Å². The molecular weight excluding hydrogens is 648 g/mol. The Balaban J connectivity index is 1.83. The molecule has 11 heteroatoms. The zero-order valence-corrected chi connectivity index (χ0v) is 28.1. The summed E-state index contributed by atoms with van der Waals surface area (Å²) < 4.78 is 43.1. The second-order valence-corrected chi connectivity index (χ2v) is 13.8. The summed E-state index contributed by atoms with van der Waals surface area (Å²) in [5.41, 5.74) is 2.21. The van der Waals surface area contributed by atoms with Gasteiger partial charge in [0, 0.05) is 24.0 Å². The van der Waals surface area contributed by atoms with Crippen molar-refractivity contribution in [3.05, 3.63) is 130 Å². The van der Waals surface area contributed by atoms with Gasteiger partial charge in [-0.15, -0.1) is 0 Å². The zero-order chi connectivity index (χ0) is 33.4. The number of aryl methyl sites for hydroxylation is 1. The van der Waals surface area contributed by atoms with Gasteiger partial charge < -0.3 is 10.2 Å². The summed E-state index contributed by atoms with van der Waals surface area (Å²) in [5.74, 6) is -1.53. The first-order valence-electron chi connectivity index (χ1n) is 14.8. The van der Waals surface area contributed by atoms with Crippen molar-refractivity contribution in [2.45, 2.75) is 57.1 Å². The summed E-state index contributed by atoms with van der Waals surface area (Å²) in [6.07, 6.45) is 0.810. The standard InChI is InChI=1S/C35H36Cl2FN3O4S/c1-4-25(3)39-35(43)33(20-26-8-6-5-7-9-26)40(22-27-12-15-29(38)16-13-27)34(42)23-41(32-21-28(36)14-19-31(32)37)46(44,45)30-17-10-24(2)11-18-30/h5-19,21,25,33H,4,20,22-23H2,1-3H3,(H,39,43)/t25-,33+/m0/s1. The van der Waals surface area contributed by atoms with Gasteiger partial charge in [-0.3, -0.25) is 13.9 Å². The molecule has 0 aliphatic carbocycles. The van der Waals surface area contributed by atoms with Crippen LogP contribution >= 0.6 is 23.2 Å². The van der Waals surface area contributed by atoms with Gasteiger partial charge in [-0.05, 0) is 73.9 Å². The third kappa shape index (κ3) is 8.87. The molecule has 2 amide bonds. The molecule has 4 aromatic rings. The second-order valence-electron chi connectivity index (χ2n) is 11.1. The van der Waals surface area contributed by atoms with Gasteiger partial charge in [0.15, 0.2) is 0 Å². The van der Waals surface area contributed by atoms with Crippen LogP contribution in [0.3, 0.4) is 0 Å². The fourth-order valence-electron chi connectivity index (χ4n) is 4.81. The van der Waals surface area contributed by atoms with Crippen molar-refractivity contribution in [1.82, 2.24) is 10.2 Å². The Hall–Kier alpha value is -3.92. The van der Waals surface area contributed by atoms with Crippen molar-refractivity contribution < 1.29 is 22.4 Å². The molecule has 0 unspecified atom stereocenters. The Morgan fingerprint density at radius 1 is 0.891 bits per heavy atom. The molecule has 1 N–H and O–H groups in total. The smallest absolute Gasteiger partial charge is 0.264 e. The predicted molar refractivity (Wildman–Crippen MR) is 181 cm³/mol. The number of carbonyl (C=O) groups is 2. The van der Waals surface area contributed by atoms with E-state index in [1.807, 2.05) is 51.1 Å². The Morgan fingerprint density at radius 2 is 1.54 bits per heavy atom. The molecule has 0 saturated heterocycles. The van der Waals surface area contributed by atoms with E-state index in [0.29, 0.717) is 12.0 Å². The van der Waals surface area contributed by atoms with E-state index in [0.717, 1.165) is 15.4 Å². The number of amides is 2. The third-order valence-electron chi connectivity index (χ3n) is 7.60. The first-order valence-corrected chi connectivity index (χ1v) is 17.0. The van der Waals surface area contributed by atoms with Crippen molar-refractivity contribution in [2.75, 3.05) is 10.8 Å². The van der Waals surface area contributed by atoms with Crippen LogP contribution in [-0.2, 0) is 32.6 Å². The van der Waals surface area contributed by atoms with E-state index in [1.165, 1.54) is 59.5 Å². The van der Waals surface area contributed by atoms with Gasteiger partial charge in [-0.2, -0.15) is 0 Å². The highest BCUT2D eigenvalue weighted by Gasteiger charge is 2.35. The van der Waals surface area contributed by atoms with E-state index in [4.69, 9.17) is 23.2 Å². The fraction of sp³-hybridized carbons (Fsp3) is 0.257. The van der Waals surface area contributed by atoms with E-state index >= 15 is 0 Å². The van der Waals surface area contributed by atoms with Crippen LogP contribution in [0.25, 0.3) is 0 Å². The summed E-state index contributed by atoms with van der Waals surface area (Å²) in [4.78, 5) is 29.7. The Labute approximate surface area is 280 Å². The summed E-state index contributed by atoms with van der Waals surface area (Å²) in [6, 6.07) is 24.2. The second kappa shape index (κ2) is 15.6. The average Bonchev–Trinajstić information content (AvgIpc) is 3.04. The highest BCUT2D eigenvalue weighted by molar-refractivity contribution is 7.92. The Bertz CT molecular complexity index is 1760. The number of halogens is 3. The molecule has 0 heterocycles. The largest absolute Gasteiger partial charge is 0.352 e. The Morgan fingerprint density at radius 3 is 2.17 bits per heavy atom.